The van der Waals surface area contributed by atoms with Crippen molar-refractivity contribution in [2.75, 3.05) is 24.6 Å². The summed E-state index contributed by atoms with van der Waals surface area (Å²) in [6.45, 7) is 3.70. The van der Waals surface area contributed by atoms with Crippen molar-refractivity contribution in [3.8, 4) is 0 Å². The smallest absolute Gasteiger partial charge is 0.339 e. The van der Waals surface area contributed by atoms with Crippen molar-refractivity contribution in [3.63, 3.8) is 0 Å². The fraction of sp³-hybridized carbons (Fsp3) is 0.533. The molecule has 0 atom stereocenters. The molecule has 6 nitrogen and oxygen atoms in total. The molecule has 21 heavy (non-hydrogen) atoms. The molecule has 6 heteroatoms. The molecule has 0 aliphatic carbocycles. The normalized spacial score (nSPS) is 15.8. The Morgan fingerprint density at radius 2 is 2.10 bits per heavy atom. The quantitative estimate of drug-likeness (QED) is 0.836. The van der Waals surface area contributed by atoms with Crippen molar-refractivity contribution < 1.29 is 19.4 Å². The number of aliphatic carboxylic acids is 1. The molecular formula is C15H20N2O4. The van der Waals surface area contributed by atoms with Gasteiger partial charge in [0.15, 0.2) is 0 Å². The number of carbonyl (C=O) groups excluding carboxylic acids is 1. The van der Waals surface area contributed by atoms with Gasteiger partial charge in [0.2, 0.25) is 0 Å². The molecule has 1 aromatic heterocycles. The average Bonchev–Trinajstić information content (AvgIpc) is 2.48. The minimum absolute atomic E-state index is 0.239. The van der Waals surface area contributed by atoms with Crippen LogP contribution in [0.5, 0.6) is 0 Å². The van der Waals surface area contributed by atoms with Gasteiger partial charge in [-0.1, -0.05) is 0 Å². The van der Waals surface area contributed by atoms with Gasteiger partial charge >= 0.3 is 11.9 Å². The molecule has 1 aromatic rings. The highest BCUT2D eigenvalue weighted by atomic mass is 16.5. The van der Waals surface area contributed by atoms with Crippen LogP contribution in [0.3, 0.4) is 0 Å². The van der Waals surface area contributed by atoms with Crippen LogP contribution in [0.2, 0.25) is 0 Å². The predicted molar refractivity (Wildman–Crippen MR) is 77.4 cm³/mol. The number of hydrogen-bond donors (Lipinski definition) is 1. The molecule has 0 saturated carbocycles. The van der Waals surface area contributed by atoms with E-state index in [1.807, 2.05) is 6.07 Å². The fourth-order valence-corrected chi connectivity index (χ4v) is 2.52. The monoisotopic (exact) mass is 292 g/mol. The van der Waals surface area contributed by atoms with E-state index in [9.17, 15) is 9.59 Å². The van der Waals surface area contributed by atoms with E-state index >= 15 is 0 Å². The number of hydrogen-bond acceptors (Lipinski definition) is 5. The lowest BCUT2D eigenvalue weighted by atomic mass is 9.93. The first-order valence-corrected chi connectivity index (χ1v) is 7.20. The summed E-state index contributed by atoms with van der Waals surface area (Å²) in [7, 11) is 0. The maximum atomic E-state index is 11.5. The third-order valence-corrected chi connectivity index (χ3v) is 3.66. The Kier molecular flexibility index (Phi) is 5.14. The Labute approximate surface area is 123 Å². The van der Waals surface area contributed by atoms with Crippen molar-refractivity contribution >= 4 is 17.8 Å². The van der Waals surface area contributed by atoms with Gasteiger partial charge in [-0.2, -0.15) is 0 Å². The van der Waals surface area contributed by atoms with E-state index in [0.29, 0.717) is 12.2 Å². The van der Waals surface area contributed by atoms with Crippen LogP contribution in [0.15, 0.2) is 18.3 Å². The largest absolute Gasteiger partial charge is 0.481 e. The molecule has 1 aliphatic heterocycles. The number of ether oxygens (including phenoxy) is 1. The Morgan fingerprint density at radius 1 is 1.38 bits per heavy atom. The number of aromatic nitrogens is 1. The molecule has 0 aromatic carbocycles. The Morgan fingerprint density at radius 3 is 2.62 bits per heavy atom. The van der Waals surface area contributed by atoms with E-state index < -0.39 is 5.97 Å². The van der Waals surface area contributed by atoms with Crippen LogP contribution < -0.4 is 4.90 Å². The minimum atomic E-state index is -0.731. The SMILES string of the molecule is CCOC(=O)c1ccc(N2CCC(CC(=O)O)CC2)nc1. The van der Waals surface area contributed by atoms with Crippen LogP contribution in [0.4, 0.5) is 5.82 Å². The summed E-state index contributed by atoms with van der Waals surface area (Å²) in [6.07, 6.45) is 3.47. The second-order valence-electron chi connectivity index (χ2n) is 5.15. The van der Waals surface area contributed by atoms with Gasteiger partial charge < -0.3 is 14.7 Å². The molecular weight excluding hydrogens is 272 g/mol. The lowest BCUT2D eigenvalue weighted by molar-refractivity contribution is -0.138. The molecule has 114 valence electrons. The molecule has 0 spiro atoms. The zero-order valence-corrected chi connectivity index (χ0v) is 12.1. The average molecular weight is 292 g/mol. The topological polar surface area (TPSA) is 79.7 Å². The third-order valence-electron chi connectivity index (χ3n) is 3.66. The first kappa shape index (κ1) is 15.3. The lowest BCUT2D eigenvalue weighted by Gasteiger charge is -2.32. The summed E-state index contributed by atoms with van der Waals surface area (Å²) in [5.74, 6) is -0.0311. The fourth-order valence-electron chi connectivity index (χ4n) is 2.52. The number of carboxylic acid groups (broad SMARTS) is 1. The number of carboxylic acids is 1. The summed E-state index contributed by atoms with van der Waals surface area (Å²) in [5.41, 5.74) is 0.446. The van der Waals surface area contributed by atoms with Gasteiger partial charge in [0.05, 0.1) is 12.2 Å². The number of anilines is 1. The summed E-state index contributed by atoms with van der Waals surface area (Å²) in [6, 6.07) is 3.52. The molecule has 0 radical (unpaired) electrons. The Balaban J connectivity index is 1.92. The van der Waals surface area contributed by atoms with Crippen LogP contribution in [-0.4, -0.2) is 41.7 Å². The van der Waals surface area contributed by atoms with Crippen molar-refractivity contribution in [1.82, 2.24) is 4.98 Å². The van der Waals surface area contributed by atoms with Gasteiger partial charge in [-0.3, -0.25) is 4.79 Å². The van der Waals surface area contributed by atoms with Gasteiger partial charge in [-0.15, -0.1) is 0 Å². The van der Waals surface area contributed by atoms with E-state index in [1.165, 1.54) is 6.20 Å². The van der Waals surface area contributed by atoms with Gasteiger partial charge in [0.1, 0.15) is 5.82 Å². The van der Waals surface area contributed by atoms with Crippen molar-refractivity contribution in [2.24, 2.45) is 5.92 Å². The van der Waals surface area contributed by atoms with E-state index in [0.717, 1.165) is 31.7 Å². The van der Waals surface area contributed by atoms with E-state index in [-0.39, 0.29) is 18.3 Å². The minimum Gasteiger partial charge on any atom is -0.481 e. The number of pyridine rings is 1. The van der Waals surface area contributed by atoms with Gasteiger partial charge in [0.25, 0.3) is 0 Å². The molecule has 0 amide bonds. The lowest BCUT2D eigenvalue weighted by Crippen LogP contribution is -2.34. The highest BCUT2D eigenvalue weighted by Gasteiger charge is 2.22. The second-order valence-corrected chi connectivity index (χ2v) is 5.15. The van der Waals surface area contributed by atoms with E-state index in [2.05, 4.69) is 9.88 Å². The van der Waals surface area contributed by atoms with Crippen molar-refractivity contribution in [2.45, 2.75) is 26.2 Å². The third kappa shape index (κ3) is 4.18. The molecule has 2 rings (SSSR count). The number of piperidine rings is 1. The predicted octanol–water partition coefficient (Wildman–Crippen LogP) is 1.95. The summed E-state index contributed by atoms with van der Waals surface area (Å²) in [4.78, 5) is 28.7. The first-order chi connectivity index (χ1) is 10.1. The molecule has 2 heterocycles. The molecule has 0 bridgehead atoms. The van der Waals surface area contributed by atoms with Crippen LogP contribution in [0.1, 0.15) is 36.5 Å². The maximum Gasteiger partial charge on any atom is 0.339 e. The molecule has 1 saturated heterocycles. The molecule has 1 aliphatic rings. The maximum absolute atomic E-state index is 11.5. The zero-order valence-electron chi connectivity index (χ0n) is 12.1. The number of carbonyl (C=O) groups is 2. The van der Waals surface area contributed by atoms with Crippen LogP contribution in [0.25, 0.3) is 0 Å². The second kappa shape index (κ2) is 7.06. The van der Waals surface area contributed by atoms with Gasteiger partial charge in [0, 0.05) is 25.7 Å². The number of esters is 1. The molecule has 1 N–H and O–H groups in total. The molecule has 1 fully saturated rings. The molecule has 0 unspecified atom stereocenters. The van der Waals surface area contributed by atoms with Crippen molar-refractivity contribution in [1.29, 1.82) is 0 Å². The van der Waals surface area contributed by atoms with Crippen LogP contribution in [-0.2, 0) is 9.53 Å². The van der Waals surface area contributed by atoms with Gasteiger partial charge in [-0.25, -0.2) is 9.78 Å². The zero-order chi connectivity index (χ0) is 15.2. The highest BCUT2D eigenvalue weighted by molar-refractivity contribution is 5.89. The highest BCUT2D eigenvalue weighted by Crippen LogP contribution is 2.24. The summed E-state index contributed by atoms with van der Waals surface area (Å²) in [5, 5.41) is 8.81. The van der Waals surface area contributed by atoms with E-state index in [4.69, 9.17) is 9.84 Å². The van der Waals surface area contributed by atoms with E-state index in [1.54, 1.807) is 13.0 Å². The summed E-state index contributed by atoms with van der Waals surface area (Å²) < 4.78 is 4.92. The Bertz CT molecular complexity index is 493. The first-order valence-electron chi connectivity index (χ1n) is 7.20. The van der Waals surface area contributed by atoms with Crippen molar-refractivity contribution in [3.05, 3.63) is 23.9 Å². The van der Waals surface area contributed by atoms with Crippen LogP contribution in [0, 0.1) is 5.92 Å². The summed E-state index contributed by atoms with van der Waals surface area (Å²) >= 11 is 0. The number of rotatable bonds is 5. The van der Waals surface area contributed by atoms with Crippen LogP contribution >= 0.6 is 0 Å². The number of nitrogens with zero attached hydrogens (tertiary/aromatic N) is 2. The standard InChI is InChI=1S/C15H20N2O4/c1-2-21-15(20)12-3-4-13(16-10-12)17-7-5-11(6-8-17)9-14(18)19/h3-4,10-11H,2,5-9H2,1H3,(H,18,19). The van der Waals surface area contributed by atoms with Gasteiger partial charge in [-0.05, 0) is 37.8 Å². The Hall–Kier alpha value is -2.11.